The monoisotopic (exact) mass is 276 g/mol. The van der Waals surface area contributed by atoms with Crippen molar-refractivity contribution in [2.24, 2.45) is 0 Å². The van der Waals surface area contributed by atoms with E-state index in [1.807, 2.05) is 32.9 Å². The summed E-state index contributed by atoms with van der Waals surface area (Å²) in [5, 5.41) is 2.82. The number of nitrogens with one attached hydrogen (secondary N) is 1. The molecule has 0 fully saturated rings. The minimum atomic E-state index is -0.0432. The fourth-order valence-electron chi connectivity index (χ4n) is 2.14. The average Bonchev–Trinajstić information content (AvgIpc) is 2.35. The summed E-state index contributed by atoms with van der Waals surface area (Å²) in [6.07, 6.45) is 1.24. The first-order valence-corrected chi connectivity index (χ1v) is 7.07. The van der Waals surface area contributed by atoms with Gasteiger partial charge < -0.3 is 10.2 Å². The summed E-state index contributed by atoms with van der Waals surface area (Å²) in [5.74, 6) is -0.0548. The van der Waals surface area contributed by atoms with Crippen molar-refractivity contribution in [3.8, 4) is 0 Å². The summed E-state index contributed by atoms with van der Waals surface area (Å²) in [5.41, 5.74) is 3.08. The Labute approximate surface area is 121 Å². The third kappa shape index (κ3) is 5.03. The van der Waals surface area contributed by atoms with Crippen molar-refractivity contribution in [1.82, 2.24) is 5.32 Å². The molecule has 4 nitrogen and oxygen atoms in total. The second-order valence-electron chi connectivity index (χ2n) is 5.12. The van der Waals surface area contributed by atoms with Crippen LogP contribution in [0.2, 0.25) is 0 Å². The van der Waals surface area contributed by atoms with Crippen LogP contribution in [-0.4, -0.2) is 24.9 Å². The minimum absolute atomic E-state index is 0.0116. The zero-order chi connectivity index (χ0) is 15.1. The van der Waals surface area contributed by atoms with E-state index >= 15 is 0 Å². The molecular formula is C16H24N2O2. The molecule has 4 heteroatoms. The highest BCUT2D eigenvalue weighted by molar-refractivity contribution is 5.92. The van der Waals surface area contributed by atoms with E-state index in [0.29, 0.717) is 19.5 Å². The predicted molar refractivity (Wildman–Crippen MR) is 81.9 cm³/mol. The first kappa shape index (κ1) is 16.2. The third-order valence-electron chi connectivity index (χ3n) is 3.03. The molecule has 0 unspecified atom stereocenters. The molecule has 0 radical (unpaired) electrons. The van der Waals surface area contributed by atoms with Crippen LogP contribution in [0.15, 0.2) is 18.2 Å². The van der Waals surface area contributed by atoms with Crippen LogP contribution in [0, 0.1) is 13.8 Å². The van der Waals surface area contributed by atoms with Gasteiger partial charge >= 0.3 is 0 Å². The molecule has 110 valence electrons. The van der Waals surface area contributed by atoms with E-state index in [1.165, 1.54) is 6.92 Å². The number of carbonyl (C=O) groups excluding carboxylic acids is 2. The Morgan fingerprint density at radius 3 is 2.25 bits per heavy atom. The lowest BCUT2D eigenvalue weighted by Crippen LogP contribution is -2.34. The van der Waals surface area contributed by atoms with E-state index < -0.39 is 0 Å². The van der Waals surface area contributed by atoms with E-state index in [4.69, 9.17) is 0 Å². The third-order valence-corrected chi connectivity index (χ3v) is 3.03. The van der Waals surface area contributed by atoms with Crippen molar-refractivity contribution in [2.45, 2.75) is 40.5 Å². The van der Waals surface area contributed by atoms with E-state index in [1.54, 1.807) is 4.90 Å². The lowest BCUT2D eigenvalue weighted by Gasteiger charge is -2.22. The molecule has 0 aliphatic heterocycles. The first-order valence-electron chi connectivity index (χ1n) is 7.07. The zero-order valence-electron chi connectivity index (χ0n) is 12.8. The minimum Gasteiger partial charge on any atom is -0.356 e. The molecule has 0 atom stereocenters. The molecule has 0 aromatic heterocycles. The van der Waals surface area contributed by atoms with Gasteiger partial charge in [-0.1, -0.05) is 13.0 Å². The first-order chi connectivity index (χ1) is 9.43. The van der Waals surface area contributed by atoms with Crippen LogP contribution in [0.5, 0.6) is 0 Å². The topological polar surface area (TPSA) is 49.4 Å². The second kappa shape index (κ2) is 7.68. The van der Waals surface area contributed by atoms with Crippen molar-refractivity contribution in [2.75, 3.05) is 18.0 Å². The summed E-state index contributed by atoms with van der Waals surface area (Å²) < 4.78 is 0. The number of anilines is 1. The Hall–Kier alpha value is -1.84. The van der Waals surface area contributed by atoms with Crippen molar-refractivity contribution >= 4 is 17.5 Å². The quantitative estimate of drug-likeness (QED) is 0.868. The number of carbonyl (C=O) groups is 2. The van der Waals surface area contributed by atoms with Crippen molar-refractivity contribution in [3.63, 3.8) is 0 Å². The molecule has 0 spiro atoms. The van der Waals surface area contributed by atoms with Gasteiger partial charge in [0.15, 0.2) is 0 Å². The van der Waals surface area contributed by atoms with Gasteiger partial charge in [0.1, 0.15) is 0 Å². The van der Waals surface area contributed by atoms with Gasteiger partial charge in [-0.15, -0.1) is 0 Å². The smallest absolute Gasteiger partial charge is 0.223 e. The standard InChI is InChI=1S/C16H24N2O2/c1-5-7-17-16(20)6-8-18(14(4)19)15-10-12(2)9-13(3)11-15/h9-11H,5-8H2,1-4H3,(H,17,20). The van der Waals surface area contributed by atoms with Gasteiger partial charge in [-0.25, -0.2) is 0 Å². The van der Waals surface area contributed by atoms with Crippen LogP contribution in [0.3, 0.4) is 0 Å². The maximum absolute atomic E-state index is 11.8. The maximum atomic E-state index is 11.8. The number of nitrogens with zero attached hydrogens (tertiary/aromatic N) is 1. The maximum Gasteiger partial charge on any atom is 0.223 e. The summed E-state index contributed by atoms with van der Waals surface area (Å²) in [4.78, 5) is 25.1. The molecule has 20 heavy (non-hydrogen) atoms. The normalized spacial score (nSPS) is 10.2. The number of rotatable bonds is 6. The van der Waals surface area contributed by atoms with Gasteiger partial charge in [-0.05, 0) is 43.5 Å². The van der Waals surface area contributed by atoms with Crippen molar-refractivity contribution in [3.05, 3.63) is 29.3 Å². The SMILES string of the molecule is CCCNC(=O)CCN(C(C)=O)c1cc(C)cc(C)c1. The molecule has 0 aliphatic rings. The van der Waals surface area contributed by atoms with Gasteiger partial charge in [0, 0.05) is 32.1 Å². The lowest BCUT2D eigenvalue weighted by molar-refractivity contribution is -0.121. The molecule has 0 saturated heterocycles. The molecule has 0 aliphatic carbocycles. The molecule has 0 heterocycles. The van der Waals surface area contributed by atoms with Crippen LogP contribution >= 0.6 is 0 Å². The van der Waals surface area contributed by atoms with Crippen LogP contribution in [0.25, 0.3) is 0 Å². The molecule has 2 amide bonds. The van der Waals surface area contributed by atoms with Crippen molar-refractivity contribution in [1.29, 1.82) is 0 Å². The largest absolute Gasteiger partial charge is 0.356 e. The molecule has 1 aromatic rings. The van der Waals surface area contributed by atoms with E-state index in [0.717, 1.165) is 23.2 Å². The Morgan fingerprint density at radius 2 is 1.75 bits per heavy atom. The summed E-state index contributed by atoms with van der Waals surface area (Å²) >= 11 is 0. The summed E-state index contributed by atoms with van der Waals surface area (Å²) in [7, 11) is 0. The number of aryl methyl sites for hydroxylation is 2. The van der Waals surface area contributed by atoms with Gasteiger partial charge in [0.25, 0.3) is 0 Å². The Balaban J connectivity index is 2.74. The van der Waals surface area contributed by atoms with Gasteiger partial charge in [0.2, 0.25) is 11.8 Å². The lowest BCUT2D eigenvalue weighted by atomic mass is 10.1. The number of hydrogen-bond donors (Lipinski definition) is 1. The highest BCUT2D eigenvalue weighted by Gasteiger charge is 2.13. The van der Waals surface area contributed by atoms with Gasteiger partial charge in [0.05, 0.1) is 0 Å². The van der Waals surface area contributed by atoms with Crippen LogP contribution in [-0.2, 0) is 9.59 Å². The molecule has 1 aromatic carbocycles. The van der Waals surface area contributed by atoms with Crippen LogP contribution in [0.1, 0.15) is 37.8 Å². The molecule has 1 N–H and O–H groups in total. The predicted octanol–water partition coefficient (Wildman–Crippen LogP) is 2.57. The number of benzene rings is 1. The van der Waals surface area contributed by atoms with Crippen LogP contribution < -0.4 is 10.2 Å². The molecule has 0 bridgehead atoms. The zero-order valence-corrected chi connectivity index (χ0v) is 12.8. The van der Waals surface area contributed by atoms with Crippen molar-refractivity contribution < 1.29 is 9.59 Å². The van der Waals surface area contributed by atoms with E-state index in [9.17, 15) is 9.59 Å². The molecular weight excluding hydrogens is 252 g/mol. The fraction of sp³-hybridized carbons (Fsp3) is 0.500. The van der Waals surface area contributed by atoms with E-state index in [-0.39, 0.29) is 11.8 Å². The Morgan fingerprint density at radius 1 is 1.15 bits per heavy atom. The second-order valence-corrected chi connectivity index (χ2v) is 5.12. The summed E-state index contributed by atoms with van der Waals surface area (Å²) in [6, 6.07) is 6.01. The van der Waals surface area contributed by atoms with Gasteiger partial charge in [-0.3, -0.25) is 9.59 Å². The molecule has 0 saturated carbocycles. The van der Waals surface area contributed by atoms with E-state index in [2.05, 4.69) is 11.4 Å². The van der Waals surface area contributed by atoms with Gasteiger partial charge in [-0.2, -0.15) is 0 Å². The Kier molecular flexibility index (Phi) is 6.22. The fourth-order valence-corrected chi connectivity index (χ4v) is 2.14. The molecule has 1 rings (SSSR count). The number of amides is 2. The highest BCUT2D eigenvalue weighted by atomic mass is 16.2. The number of hydrogen-bond acceptors (Lipinski definition) is 2. The Bertz CT molecular complexity index is 463. The van der Waals surface area contributed by atoms with Crippen LogP contribution in [0.4, 0.5) is 5.69 Å². The highest BCUT2D eigenvalue weighted by Crippen LogP contribution is 2.19. The average molecular weight is 276 g/mol. The summed E-state index contributed by atoms with van der Waals surface area (Å²) in [6.45, 7) is 8.64.